The highest BCUT2D eigenvalue weighted by atomic mass is 35.5. The molecule has 0 spiro atoms. The number of carbonyl (C=O) groups excluding carboxylic acids is 1. The zero-order valence-corrected chi connectivity index (χ0v) is 20.7. The summed E-state index contributed by atoms with van der Waals surface area (Å²) in [6.45, 7) is 0.748. The van der Waals surface area contributed by atoms with Crippen LogP contribution in [0.1, 0.15) is 22.8 Å². The van der Waals surface area contributed by atoms with Gasteiger partial charge in [0.05, 0.1) is 17.2 Å². The first kappa shape index (κ1) is 26.0. The quantitative estimate of drug-likeness (QED) is 0.408. The average molecular weight is 525 g/mol. The summed E-state index contributed by atoms with van der Waals surface area (Å²) < 4.78 is 22.6. The van der Waals surface area contributed by atoms with Gasteiger partial charge in [0.15, 0.2) is 17.6 Å². The van der Waals surface area contributed by atoms with Gasteiger partial charge in [0.1, 0.15) is 25.0 Å². The van der Waals surface area contributed by atoms with Gasteiger partial charge in [-0.3, -0.25) is 4.79 Å². The van der Waals surface area contributed by atoms with E-state index in [0.29, 0.717) is 41.2 Å². The van der Waals surface area contributed by atoms with Crippen LogP contribution in [0, 0.1) is 0 Å². The Hall–Kier alpha value is -2.64. The summed E-state index contributed by atoms with van der Waals surface area (Å²) in [7, 11) is 1.32. The summed E-state index contributed by atoms with van der Waals surface area (Å²) in [6, 6.07) is 17.9. The maximum Gasteiger partial charge on any atom is 0.322 e. The Kier molecular flexibility index (Phi) is 8.91. The molecule has 0 saturated carbocycles. The molecule has 180 valence electrons. The van der Waals surface area contributed by atoms with Crippen molar-refractivity contribution in [3.63, 3.8) is 0 Å². The molecule has 0 bridgehead atoms. The molecule has 6 nitrogen and oxygen atoms in total. The molecule has 0 amide bonds. The fourth-order valence-electron chi connectivity index (χ4n) is 3.47. The van der Waals surface area contributed by atoms with E-state index in [1.54, 1.807) is 12.1 Å². The summed E-state index contributed by atoms with van der Waals surface area (Å²) in [5, 5.41) is 1.02. The number of hydrogen-bond donors (Lipinski definition) is 1. The van der Waals surface area contributed by atoms with Crippen LogP contribution in [0.2, 0.25) is 10.0 Å². The molecule has 4 rings (SSSR count). The topological polar surface area (TPSA) is 80.0 Å². The van der Waals surface area contributed by atoms with Crippen LogP contribution in [0.3, 0.4) is 0 Å². The van der Waals surface area contributed by atoms with Crippen LogP contribution in [-0.2, 0) is 22.6 Å². The number of halogens is 3. The Morgan fingerprint density at radius 2 is 1.76 bits per heavy atom. The molecule has 1 heterocycles. The SMILES string of the molecule is COC(=O)C(N)Cc1ccc2c(c1)OC[C@H](c1ccc(OCc3ccc(Cl)c(Cl)c3)cc1)O2.Cl. The lowest BCUT2D eigenvalue weighted by molar-refractivity contribution is -0.142. The minimum Gasteiger partial charge on any atom is -0.489 e. The lowest BCUT2D eigenvalue weighted by Crippen LogP contribution is -2.33. The summed E-state index contributed by atoms with van der Waals surface area (Å²) in [5.41, 5.74) is 8.62. The molecule has 0 aliphatic carbocycles. The number of nitrogens with two attached hydrogens (primary N) is 1. The third kappa shape index (κ3) is 6.27. The van der Waals surface area contributed by atoms with E-state index in [0.717, 1.165) is 22.4 Å². The number of benzene rings is 3. The van der Waals surface area contributed by atoms with E-state index in [1.165, 1.54) is 7.11 Å². The molecular weight excluding hydrogens is 501 g/mol. The Morgan fingerprint density at radius 3 is 2.47 bits per heavy atom. The first-order chi connectivity index (χ1) is 15.9. The average Bonchev–Trinajstić information content (AvgIpc) is 2.84. The van der Waals surface area contributed by atoms with E-state index in [1.807, 2.05) is 48.5 Å². The largest absolute Gasteiger partial charge is 0.489 e. The van der Waals surface area contributed by atoms with E-state index in [-0.39, 0.29) is 18.5 Å². The number of esters is 1. The van der Waals surface area contributed by atoms with Gasteiger partial charge >= 0.3 is 5.97 Å². The Labute approximate surface area is 214 Å². The van der Waals surface area contributed by atoms with E-state index in [4.69, 9.17) is 43.1 Å². The number of methoxy groups -OCH3 is 1. The molecule has 1 aliphatic heterocycles. The molecule has 3 aromatic carbocycles. The van der Waals surface area contributed by atoms with Crippen molar-refractivity contribution in [3.05, 3.63) is 87.4 Å². The molecule has 9 heteroatoms. The van der Waals surface area contributed by atoms with Gasteiger partial charge in [0, 0.05) is 0 Å². The van der Waals surface area contributed by atoms with Gasteiger partial charge in [-0.15, -0.1) is 12.4 Å². The van der Waals surface area contributed by atoms with Crippen molar-refractivity contribution in [2.45, 2.75) is 25.2 Å². The fourth-order valence-corrected chi connectivity index (χ4v) is 3.79. The van der Waals surface area contributed by atoms with Gasteiger partial charge in [-0.25, -0.2) is 0 Å². The number of rotatable bonds is 7. The lowest BCUT2D eigenvalue weighted by atomic mass is 10.0. The van der Waals surface area contributed by atoms with Crippen molar-refractivity contribution in [3.8, 4) is 17.2 Å². The minimum absolute atomic E-state index is 0. The monoisotopic (exact) mass is 523 g/mol. The van der Waals surface area contributed by atoms with Gasteiger partial charge in [-0.05, 0) is 59.5 Å². The van der Waals surface area contributed by atoms with Crippen LogP contribution < -0.4 is 19.9 Å². The molecule has 1 unspecified atom stereocenters. The molecule has 2 N–H and O–H groups in total. The first-order valence-corrected chi connectivity index (χ1v) is 11.1. The van der Waals surface area contributed by atoms with Crippen molar-refractivity contribution < 1.29 is 23.7 Å². The number of carbonyl (C=O) groups is 1. The van der Waals surface area contributed by atoms with E-state index in [2.05, 4.69) is 4.74 Å². The highest BCUT2D eigenvalue weighted by molar-refractivity contribution is 6.42. The van der Waals surface area contributed by atoms with Crippen LogP contribution in [0.4, 0.5) is 0 Å². The standard InChI is InChI=1S/C25H23Cl2NO5.ClH/c1-30-25(29)21(28)11-15-3-9-22-23(12-15)32-14-24(33-22)17-4-6-18(7-5-17)31-13-16-2-8-19(26)20(27)10-16;/h2-10,12,21,24H,11,13-14,28H2,1H3;1H/t21?,24-;/m1./s1. The zero-order valence-electron chi connectivity index (χ0n) is 18.3. The van der Waals surface area contributed by atoms with Crippen LogP contribution in [0.25, 0.3) is 0 Å². The Bertz CT molecular complexity index is 1140. The highest BCUT2D eigenvalue weighted by Crippen LogP contribution is 2.37. The second-order valence-electron chi connectivity index (χ2n) is 7.64. The number of ether oxygens (including phenoxy) is 4. The molecule has 3 aromatic rings. The third-order valence-electron chi connectivity index (χ3n) is 5.27. The van der Waals surface area contributed by atoms with E-state index in [9.17, 15) is 4.79 Å². The molecular formula is C25H24Cl3NO5. The smallest absolute Gasteiger partial charge is 0.322 e. The Morgan fingerprint density at radius 1 is 1.03 bits per heavy atom. The molecule has 0 fully saturated rings. The summed E-state index contributed by atoms with van der Waals surface area (Å²) >= 11 is 12.0. The predicted octanol–water partition coefficient (Wildman–Crippen LogP) is 5.55. The van der Waals surface area contributed by atoms with Gasteiger partial charge in [0.2, 0.25) is 0 Å². The van der Waals surface area contributed by atoms with Gasteiger partial charge in [0.25, 0.3) is 0 Å². The summed E-state index contributed by atoms with van der Waals surface area (Å²) in [5.74, 6) is 1.55. The van der Waals surface area contributed by atoms with Gasteiger partial charge < -0.3 is 24.7 Å². The second-order valence-corrected chi connectivity index (χ2v) is 8.45. The van der Waals surface area contributed by atoms with Gasteiger partial charge in [-0.2, -0.15) is 0 Å². The Balaban J connectivity index is 0.00000324. The normalized spacial score (nSPS) is 15.1. The van der Waals surface area contributed by atoms with Crippen LogP contribution in [0.15, 0.2) is 60.7 Å². The van der Waals surface area contributed by atoms with Crippen LogP contribution in [0.5, 0.6) is 17.2 Å². The first-order valence-electron chi connectivity index (χ1n) is 10.4. The lowest BCUT2D eigenvalue weighted by Gasteiger charge is -2.27. The minimum atomic E-state index is -0.720. The summed E-state index contributed by atoms with van der Waals surface area (Å²) in [4.78, 5) is 11.5. The van der Waals surface area contributed by atoms with E-state index >= 15 is 0 Å². The van der Waals surface area contributed by atoms with Crippen molar-refractivity contribution in [2.24, 2.45) is 5.73 Å². The molecule has 2 atom stereocenters. The molecule has 34 heavy (non-hydrogen) atoms. The van der Waals surface area contributed by atoms with Crippen LogP contribution >= 0.6 is 35.6 Å². The third-order valence-corrected chi connectivity index (χ3v) is 6.01. The zero-order chi connectivity index (χ0) is 23.4. The molecule has 0 saturated heterocycles. The second kappa shape index (κ2) is 11.7. The maximum atomic E-state index is 11.5. The molecule has 1 aliphatic rings. The fraction of sp³-hybridized carbons (Fsp3) is 0.240. The van der Waals surface area contributed by atoms with Crippen molar-refractivity contribution >= 4 is 41.6 Å². The van der Waals surface area contributed by atoms with Gasteiger partial charge in [-0.1, -0.05) is 47.5 Å². The number of fused-ring (bicyclic) bond motifs is 1. The predicted molar refractivity (Wildman–Crippen MR) is 133 cm³/mol. The van der Waals surface area contributed by atoms with Crippen molar-refractivity contribution in [2.75, 3.05) is 13.7 Å². The molecule has 0 aromatic heterocycles. The van der Waals surface area contributed by atoms with Crippen molar-refractivity contribution in [1.29, 1.82) is 0 Å². The van der Waals surface area contributed by atoms with Crippen LogP contribution in [-0.4, -0.2) is 25.7 Å². The summed E-state index contributed by atoms with van der Waals surface area (Å²) in [6.07, 6.45) is 0.112. The highest BCUT2D eigenvalue weighted by Gasteiger charge is 2.24. The maximum absolute atomic E-state index is 11.5. The van der Waals surface area contributed by atoms with Crippen molar-refractivity contribution in [1.82, 2.24) is 0 Å². The van der Waals surface area contributed by atoms with E-state index < -0.39 is 12.0 Å². The molecule has 0 radical (unpaired) electrons. The number of hydrogen-bond acceptors (Lipinski definition) is 6.